The lowest BCUT2D eigenvalue weighted by Crippen LogP contribution is -2.08. The Bertz CT molecular complexity index is 280. The Kier molecular flexibility index (Phi) is 2.31. The van der Waals surface area contributed by atoms with Gasteiger partial charge in [0.1, 0.15) is 0 Å². The van der Waals surface area contributed by atoms with Crippen LogP contribution in [0.15, 0.2) is 4.52 Å². The molecule has 1 heterocycles. The van der Waals surface area contributed by atoms with Crippen LogP contribution in [0.1, 0.15) is 43.9 Å². The number of hydrogen-bond acceptors (Lipinski definition) is 4. The first-order valence-electron chi connectivity index (χ1n) is 4.87. The van der Waals surface area contributed by atoms with Crippen LogP contribution < -0.4 is 5.73 Å². The van der Waals surface area contributed by atoms with E-state index in [1.54, 1.807) is 0 Å². The summed E-state index contributed by atoms with van der Waals surface area (Å²) < 4.78 is 5.06. The Hall–Kier alpha value is -0.900. The maximum atomic E-state index is 5.76. The number of rotatable bonds is 4. The molecule has 1 aromatic rings. The molecule has 0 spiro atoms. The molecule has 0 radical (unpaired) electrons. The number of aromatic nitrogens is 2. The molecule has 0 amide bonds. The number of nitrogens with zero attached hydrogens (tertiary/aromatic N) is 2. The van der Waals surface area contributed by atoms with E-state index in [1.165, 1.54) is 12.8 Å². The van der Waals surface area contributed by atoms with Gasteiger partial charge in [-0.05, 0) is 25.2 Å². The van der Waals surface area contributed by atoms with Gasteiger partial charge in [-0.2, -0.15) is 4.98 Å². The van der Waals surface area contributed by atoms with Gasteiger partial charge in [-0.25, -0.2) is 0 Å². The first-order valence-corrected chi connectivity index (χ1v) is 4.87. The number of nitrogens with two attached hydrogens (primary N) is 1. The van der Waals surface area contributed by atoms with Gasteiger partial charge < -0.3 is 10.3 Å². The highest BCUT2D eigenvalue weighted by atomic mass is 16.5. The molecule has 1 fully saturated rings. The van der Waals surface area contributed by atoms with E-state index in [4.69, 9.17) is 10.3 Å². The zero-order valence-electron chi connectivity index (χ0n) is 7.86. The normalized spacial score (nSPS) is 18.9. The summed E-state index contributed by atoms with van der Waals surface area (Å²) in [5.41, 5.74) is 5.76. The van der Waals surface area contributed by atoms with Crippen LogP contribution in [0.2, 0.25) is 0 Å². The van der Waals surface area contributed by atoms with Gasteiger partial charge in [-0.15, -0.1) is 0 Å². The Labute approximate surface area is 77.5 Å². The van der Waals surface area contributed by atoms with E-state index in [-0.39, 0.29) is 6.04 Å². The van der Waals surface area contributed by atoms with Gasteiger partial charge in [0.15, 0.2) is 5.82 Å². The summed E-state index contributed by atoms with van der Waals surface area (Å²) in [5, 5.41) is 3.90. The van der Waals surface area contributed by atoms with Crippen LogP contribution in [0.25, 0.3) is 0 Å². The molecule has 0 bridgehead atoms. The van der Waals surface area contributed by atoms with Crippen molar-refractivity contribution in [1.82, 2.24) is 10.1 Å². The van der Waals surface area contributed by atoms with Gasteiger partial charge in [0.05, 0.1) is 6.04 Å². The van der Waals surface area contributed by atoms with E-state index >= 15 is 0 Å². The van der Waals surface area contributed by atoms with E-state index in [0.29, 0.717) is 5.89 Å². The molecule has 4 nitrogen and oxygen atoms in total. The average Bonchev–Trinajstić information content (AvgIpc) is 2.81. The van der Waals surface area contributed by atoms with Crippen LogP contribution in [-0.4, -0.2) is 10.1 Å². The van der Waals surface area contributed by atoms with Crippen molar-refractivity contribution in [2.75, 3.05) is 0 Å². The molecule has 2 N–H and O–H groups in total. The molecular formula is C9H15N3O. The molecule has 13 heavy (non-hydrogen) atoms. The second kappa shape index (κ2) is 3.46. The molecule has 1 aliphatic rings. The van der Waals surface area contributed by atoms with E-state index in [1.807, 2.05) is 6.92 Å². The van der Waals surface area contributed by atoms with Crippen molar-refractivity contribution in [3.63, 3.8) is 0 Å². The van der Waals surface area contributed by atoms with Gasteiger partial charge in [0, 0.05) is 6.42 Å². The monoisotopic (exact) mass is 181 g/mol. The van der Waals surface area contributed by atoms with Crippen molar-refractivity contribution < 1.29 is 4.52 Å². The zero-order chi connectivity index (χ0) is 9.26. The lowest BCUT2D eigenvalue weighted by atomic mass is 10.2. The first-order chi connectivity index (χ1) is 6.29. The summed E-state index contributed by atoms with van der Waals surface area (Å²) in [4.78, 5) is 4.26. The standard InChI is InChI=1S/C9H15N3O/c1-2-7(10)9-11-8(12-13-9)5-6-3-4-6/h6-7H,2-5,10H2,1H3. The fraction of sp³-hybridized carbons (Fsp3) is 0.778. The summed E-state index contributed by atoms with van der Waals surface area (Å²) in [6.45, 7) is 2.01. The summed E-state index contributed by atoms with van der Waals surface area (Å²) in [6, 6.07) is -0.0968. The van der Waals surface area contributed by atoms with Crippen molar-refractivity contribution in [2.45, 2.75) is 38.6 Å². The molecule has 0 aliphatic heterocycles. The molecule has 1 aliphatic carbocycles. The SMILES string of the molecule is CCC(N)c1nc(CC2CC2)no1. The molecule has 0 aromatic carbocycles. The van der Waals surface area contributed by atoms with Crippen LogP contribution in [-0.2, 0) is 6.42 Å². The average molecular weight is 181 g/mol. The van der Waals surface area contributed by atoms with Gasteiger partial charge in [0.2, 0.25) is 5.89 Å². The maximum absolute atomic E-state index is 5.76. The predicted octanol–water partition coefficient (Wildman–Crippen LogP) is 1.43. The van der Waals surface area contributed by atoms with E-state index in [2.05, 4.69) is 10.1 Å². The van der Waals surface area contributed by atoms with E-state index in [0.717, 1.165) is 24.6 Å². The minimum absolute atomic E-state index is 0.0968. The summed E-state index contributed by atoms with van der Waals surface area (Å²) in [6.07, 6.45) is 4.42. The third-order valence-electron chi connectivity index (χ3n) is 2.41. The second-order valence-corrected chi connectivity index (χ2v) is 3.71. The molecule has 1 atom stereocenters. The second-order valence-electron chi connectivity index (χ2n) is 3.71. The fourth-order valence-corrected chi connectivity index (χ4v) is 1.26. The highest BCUT2D eigenvalue weighted by Crippen LogP contribution is 2.31. The van der Waals surface area contributed by atoms with Crippen molar-refractivity contribution in [2.24, 2.45) is 11.7 Å². The first kappa shape index (κ1) is 8.69. The smallest absolute Gasteiger partial charge is 0.243 e. The lowest BCUT2D eigenvalue weighted by molar-refractivity contribution is 0.347. The summed E-state index contributed by atoms with van der Waals surface area (Å²) in [7, 11) is 0. The minimum Gasteiger partial charge on any atom is -0.338 e. The molecule has 72 valence electrons. The van der Waals surface area contributed by atoms with Crippen molar-refractivity contribution >= 4 is 0 Å². The van der Waals surface area contributed by atoms with Gasteiger partial charge in [0.25, 0.3) is 0 Å². The van der Waals surface area contributed by atoms with Crippen LogP contribution in [0, 0.1) is 5.92 Å². The minimum atomic E-state index is -0.0968. The van der Waals surface area contributed by atoms with Gasteiger partial charge >= 0.3 is 0 Å². The maximum Gasteiger partial charge on any atom is 0.243 e. The largest absolute Gasteiger partial charge is 0.338 e. The Morgan fingerprint density at radius 3 is 3.00 bits per heavy atom. The van der Waals surface area contributed by atoms with Crippen molar-refractivity contribution in [3.05, 3.63) is 11.7 Å². The Morgan fingerprint density at radius 2 is 2.38 bits per heavy atom. The third-order valence-corrected chi connectivity index (χ3v) is 2.41. The molecule has 2 rings (SSSR count). The molecule has 1 aromatic heterocycles. The highest BCUT2D eigenvalue weighted by Gasteiger charge is 2.24. The van der Waals surface area contributed by atoms with Crippen LogP contribution in [0.4, 0.5) is 0 Å². The van der Waals surface area contributed by atoms with Crippen LogP contribution in [0.3, 0.4) is 0 Å². The zero-order valence-corrected chi connectivity index (χ0v) is 7.86. The third kappa shape index (κ3) is 2.06. The molecule has 0 saturated heterocycles. The highest BCUT2D eigenvalue weighted by molar-refractivity contribution is 4.94. The number of hydrogen-bond donors (Lipinski definition) is 1. The topological polar surface area (TPSA) is 64.9 Å². The fourth-order valence-electron chi connectivity index (χ4n) is 1.26. The Morgan fingerprint density at radius 1 is 1.62 bits per heavy atom. The van der Waals surface area contributed by atoms with Gasteiger partial charge in [-0.3, -0.25) is 0 Å². The van der Waals surface area contributed by atoms with Gasteiger partial charge in [-0.1, -0.05) is 12.1 Å². The summed E-state index contributed by atoms with van der Waals surface area (Å²) >= 11 is 0. The van der Waals surface area contributed by atoms with E-state index < -0.39 is 0 Å². The van der Waals surface area contributed by atoms with Crippen LogP contribution >= 0.6 is 0 Å². The van der Waals surface area contributed by atoms with Crippen LogP contribution in [0.5, 0.6) is 0 Å². The predicted molar refractivity (Wildman–Crippen MR) is 47.9 cm³/mol. The molecule has 4 heteroatoms. The molecular weight excluding hydrogens is 166 g/mol. The Balaban J connectivity index is 1.99. The summed E-state index contributed by atoms with van der Waals surface area (Å²) in [5.74, 6) is 2.20. The van der Waals surface area contributed by atoms with E-state index in [9.17, 15) is 0 Å². The lowest BCUT2D eigenvalue weighted by Gasteiger charge is -1.98. The quantitative estimate of drug-likeness (QED) is 0.763. The molecule has 1 saturated carbocycles. The molecule has 1 unspecified atom stereocenters. The van der Waals surface area contributed by atoms with Crippen molar-refractivity contribution in [3.8, 4) is 0 Å². The van der Waals surface area contributed by atoms with Crippen molar-refractivity contribution in [1.29, 1.82) is 0 Å².